The summed E-state index contributed by atoms with van der Waals surface area (Å²) in [5.41, 5.74) is 2.60. The van der Waals surface area contributed by atoms with Gasteiger partial charge in [0.1, 0.15) is 5.75 Å². The molecule has 2 atom stereocenters. The largest absolute Gasteiger partial charge is 0.508 e. The van der Waals surface area contributed by atoms with Crippen LogP contribution in [0.5, 0.6) is 5.75 Å². The van der Waals surface area contributed by atoms with Gasteiger partial charge >= 0.3 is 0 Å². The summed E-state index contributed by atoms with van der Waals surface area (Å²) in [5, 5.41) is 13.5. The molecule has 1 aliphatic heterocycles. The van der Waals surface area contributed by atoms with Crippen molar-refractivity contribution >= 4 is 0 Å². The van der Waals surface area contributed by atoms with Crippen LogP contribution in [0.3, 0.4) is 0 Å². The fourth-order valence-electron chi connectivity index (χ4n) is 3.34. The number of hydrogen-bond donors (Lipinski definition) is 2. The highest BCUT2D eigenvalue weighted by atomic mass is 16.3. The van der Waals surface area contributed by atoms with Gasteiger partial charge in [0.2, 0.25) is 0 Å². The molecule has 2 aliphatic rings. The molecule has 1 aliphatic carbocycles. The number of phenols is 1. The van der Waals surface area contributed by atoms with Gasteiger partial charge in [0.25, 0.3) is 0 Å². The molecule has 0 bridgehead atoms. The van der Waals surface area contributed by atoms with E-state index in [1.165, 1.54) is 36.8 Å². The minimum absolute atomic E-state index is 0.500. The van der Waals surface area contributed by atoms with Crippen molar-refractivity contribution in [3.8, 4) is 5.75 Å². The first-order valence-corrected chi connectivity index (χ1v) is 6.40. The van der Waals surface area contributed by atoms with Crippen molar-refractivity contribution in [3.05, 3.63) is 29.3 Å². The van der Waals surface area contributed by atoms with Crippen LogP contribution in [0.15, 0.2) is 18.2 Å². The summed E-state index contributed by atoms with van der Waals surface area (Å²) in [5.74, 6) is 1.12. The van der Waals surface area contributed by atoms with Gasteiger partial charge < -0.3 is 10.4 Å². The highest BCUT2D eigenvalue weighted by Gasteiger charge is 2.30. The maximum atomic E-state index is 9.90. The summed E-state index contributed by atoms with van der Waals surface area (Å²) in [6.07, 6.45) is 6.13. The summed E-state index contributed by atoms with van der Waals surface area (Å²) < 4.78 is 0. The van der Waals surface area contributed by atoms with E-state index >= 15 is 0 Å². The van der Waals surface area contributed by atoms with Gasteiger partial charge in [-0.3, -0.25) is 0 Å². The first-order chi connectivity index (χ1) is 7.86. The van der Waals surface area contributed by atoms with Crippen LogP contribution in [-0.4, -0.2) is 17.7 Å². The molecule has 1 aromatic rings. The van der Waals surface area contributed by atoms with Crippen molar-refractivity contribution in [2.24, 2.45) is 0 Å². The van der Waals surface area contributed by atoms with E-state index in [2.05, 4.69) is 11.4 Å². The molecule has 1 heterocycles. The van der Waals surface area contributed by atoms with Crippen molar-refractivity contribution in [2.75, 3.05) is 6.54 Å². The standard InChI is InChI=1S/C14H19NO/c16-14-8-2-4-10-11(5-1-6-12(10)14)13-7-3-9-15-13/h2,4,8,11,13,15-16H,1,3,5-7,9H2. The van der Waals surface area contributed by atoms with Crippen LogP contribution >= 0.6 is 0 Å². The van der Waals surface area contributed by atoms with Crippen LogP contribution < -0.4 is 5.32 Å². The first-order valence-electron chi connectivity index (χ1n) is 6.40. The van der Waals surface area contributed by atoms with Crippen molar-refractivity contribution in [1.29, 1.82) is 0 Å². The van der Waals surface area contributed by atoms with Gasteiger partial charge in [-0.15, -0.1) is 0 Å². The summed E-state index contributed by atoms with van der Waals surface area (Å²) in [6.45, 7) is 1.16. The quantitative estimate of drug-likeness (QED) is 0.757. The lowest BCUT2D eigenvalue weighted by molar-refractivity contribution is 0.415. The number of nitrogens with one attached hydrogen (secondary N) is 1. The smallest absolute Gasteiger partial charge is 0.119 e. The monoisotopic (exact) mass is 217 g/mol. The van der Waals surface area contributed by atoms with Gasteiger partial charge in [-0.2, -0.15) is 0 Å². The van der Waals surface area contributed by atoms with Gasteiger partial charge in [-0.05, 0) is 61.8 Å². The van der Waals surface area contributed by atoms with E-state index in [9.17, 15) is 5.11 Å². The van der Waals surface area contributed by atoms with E-state index in [1.807, 2.05) is 12.1 Å². The Kier molecular flexibility index (Phi) is 2.60. The molecule has 1 fully saturated rings. The third kappa shape index (κ3) is 1.61. The van der Waals surface area contributed by atoms with Gasteiger partial charge in [-0.25, -0.2) is 0 Å². The Bertz CT molecular complexity index is 382. The van der Waals surface area contributed by atoms with Gasteiger partial charge in [0.05, 0.1) is 0 Å². The van der Waals surface area contributed by atoms with Crippen LogP contribution in [0.1, 0.15) is 42.7 Å². The number of benzene rings is 1. The molecule has 86 valence electrons. The Morgan fingerprint density at radius 3 is 2.94 bits per heavy atom. The van der Waals surface area contributed by atoms with Crippen LogP contribution in [0.4, 0.5) is 0 Å². The maximum absolute atomic E-state index is 9.90. The predicted octanol–water partition coefficient (Wildman–Crippen LogP) is 2.56. The average Bonchev–Trinajstić information content (AvgIpc) is 2.82. The SMILES string of the molecule is Oc1cccc2c1CCCC2C1CCCN1. The second kappa shape index (κ2) is 4.10. The molecule has 2 heteroatoms. The predicted molar refractivity (Wildman–Crippen MR) is 64.8 cm³/mol. The number of hydrogen-bond acceptors (Lipinski definition) is 2. The zero-order chi connectivity index (χ0) is 11.0. The van der Waals surface area contributed by atoms with Crippen molar-refractivity contribution in [1.82, 2.24) is 5.32 Å². The lowest BCUT2D eigenvalue weighted by Gasteiger charge is -2.30. The molecular formula is C14H19NO. The lowest BCUT2D eigenvalue weighted by atomic mass is 9.78. The summed E-state index contributed by atoms with van der Waals surface area (Å²) in [7, 11) is 0. The molecule has 2 N–H and O–H groups in total. The minimum Gasteiger partial charge on any atom is -0.508 e. The van der Waals surface area contributed by atoms with Crippen LogP contribution in [0.25, 0.3) is 0 Å². The average molecular weight is 217 g/mol. The van der Waals surface area contributed by atoms with Crippen molar-refractivity contribution in [3.63, 3.8) is 0 Å². The zero-order valence-corrected chi connectivity index (χ0v) is 9.58. The Morgan fingerprint density at radius 1 is 1.19 bits per heavy atom. The van der Waals surface area contributed by atoms with E-state index in [4.69, 9.17) is 0 Å². The topological polar surface area (TPSA) is 32.3 Å². The van der Waals surface area contributed by atoms with E-state index in [1.54, 1.807) is 0 Å². The molecule has 1 aromatic carbocycles. The second-order valence-electron chi connectivity index (χ2n) is 5.05. The van der Waals surface area contributed by atoms with Crippen molar-refractivity contribution < 1.29 is 5.11 Å². The highest BCUT2D eigenvalue weighted by Crippen LogP contribution is 2.39. The van der Waals surface area contributed by atoms with Gasteiger partial charge in [0.15, 0.2) is 0 Å². The minimum atomic E-state index is 0.500. The number of aromatic hydroxyl groups is 1. The Balaban J connectivity index is 1.96. The summed E-state index contributed by atoms with van der Waals surface area (Å²) in [6, 6.07) is 6.66. The van der Waals surface area contributed by atoms with Crippen molar-refractivity contribution in [2.45, 2.75) is 44.1 Å². The Morgan fingerprint density at radius 2 is 2.12 bits per heavy atom. The highest BCUT2D eigenvalue weighted by molar-refractivity contribution is 5.43. The molecule has 16 heavy (non-hydrogen) atoms. The van der Waals surface area contributed by atoms with E-state index in [0.29, 0.717) is 17.7 Å². The molecule has 0 aromatic heterocycles. The Labute approximate surface area is 96.7 Å². The third-order valence-electron chi connectivity index (χ3n) is 4.11. The summed E-state index contributed by atoms with van der Waals surface area (Å²) in [4.78, 5) is 0. The number of phenolic OH excluding ortho intramolecular Hbond substituents is 1. The van der Waals surface area contributed by atoms with E-state index in [0.717, 1.165) is 13.0 Å². The normalized spacial score (nSPS) is 29.0. The fourth-order valence-corrected chi connectivity index (χ4v) is 3.34. The van der Waals surface area contributed by atoms with E-state index in [-0.39, 0.29) is 0 Å². The molecule has 0 saturated carbocycles. The zero-order valence-electron chi connectivity index (χ0n) is 9.58. The summed E-state index contributed by atoms with van der Waals surface area (Å²) >= 11 is 0. The molecule has 2 unspecified atom stereocenters. The van der Waals surface area contributed by atoms with E-state index < -0.39 is 0 Å². The maximum Gasteiger partial charge on any atom is 0.119 e. The second-order valence-corrected chi connectivity index (χ2v) is 5.05. The van der Waals surface area contributed by atoms with Crippen LogP contribution in [-0.2, 0) is 6.42 Å². The Hall–Kier alpha value is -1.02. The first kappa shape index (κ1) is 10.2. The molecule has 0 spiro atoms. The fraction of sp³-hybridized carbons (Fsp3) is 0.571. The number of rotatable bonds is 1. The molecule has 1 saturated heterocycles. The van der Waals surface area contributed by atoms with Crippen LogP contribution in [0, 0.1) is 0 Å². The number of fused-ring (bicyclic) bond motifs is 1. The molecule has 2 nitrogen and oxygen atoms in total. The molecule has 0 amide bonds. The lowest BCUT2D eigenvalue weighted by Crippen LogP contribution is -2.31. The third-order valence-corrected chi connectivity index (χ3v) is 4.11. The van der Waals surface area contributed by atoms with Crippen LogP contribution in [0.2, 0.25) is 0 Å². The molecular weight excluding hydrogens is 198 g/mol. The van der Waals surface area contributed by atoms with Gasteiger partial charge in [0, 0.05) is 6.04 Å². The molecule has 0 radical (unpaired) electrons. The molecule has 3 rings (SSSR count). The van der Waals surface area contributed by atoms with Gasteiger partial charge in [-0.1, -0.05) is 12.1 Å².